The fourth-order valence-corrected chi connectivity index (χ4v) is 1.86. The first-order valence-electron chi connectivity index (χ1n) is 7.37. The fourth-order valence-electron chi connectivity index (χ4n) is 1.86. The molecule has 0 heterocycles. The highest BCUT2D eigenvalue weighted by molar-refractivity contribution is 5.93. The van der Waals surface area contributed by atoms with E-state index in [1.54, 1.807) is 18.3 Å². The Bertz CT molecular complexity index is 679. The van der Waals surface area contributed by atoms with Gasteiger partial charge in [-0.25, -0.2) is 5.43 Å². The largest absolute Gasteiger partial charge is 0.326 e. The first-order chi connectivity index (χ1) is 11.1. The maximum absolute atomic E-state index is 11.7. The van der Waals surface area contributed by atoms with Crippen LogP contribution in [-0.4, -0.2) is 18.0 Å². The summed E-state index contributed by atoms with van der Waals surface area (Å²) in [5, 5.41) is 6.60. The van der Waals surface area contributed by atoms with Gasteiger partial charge in [-0.05, 0) is 24.6 Å². The number of amides is 2. The molecule has 2 amide bonds. The molecule has 0 spiro atoms. The third kappa shape index (κ3) is 6.13. The molecule has 5 nitrogen and oxygen atoms in total. The van der Waals surface area contributed by atoms with Crippen LogP contribution in [0.1, 0.15) is 24.0 Å². The Kier molecular flexibility index (Phi) is 6.06. The van der Waals surface area contributed by atoms with Gasteiger partial charge in [-0.2, -0.15) is 5.10 Å². The lowest BCUT2D eigenvalue weighted by Crippen LogP contribution is -2.20. The summed E-state index contributed by atoms with van der Waals surface area (Å²) in [5.41, 5.74) is 5.20. The minimum Gasteiger partial charge on any atom is -0.326 e. The zero-order chi connectivity index (χ0) is 16.5. The van der Waals surface area contributed by atoms with Gasteiger partial charge in [0.25, 0.3) is 0 Å². The van der Waals surface area contributed by atoms with Gasteiger partial charge in [0.2, 0.25) is 11.8 Å². The lowest BCUT2D eigenvalue weighted by Gasteiger charge is -2.04. The van der Waals surface area contributed by atoms with Gasteiger partial charge in [-0.3, -0.25) is 9.59 Å². The summed E-state index contributed by atoms with van der Waals surface area (Å²) >= 11 is 0. The fraction of sp³-hybridized carbons (Fsp3) is 0.167. The van der Waals surface area contributed by atoms with Gasteiger partial charge < -0.3 is 5.32 Å². The molecule has 23 heavy (non-hydrogen) atoms. The molecule has 2 N–H and O–H groups in total. The monoisotopic (exact) mass is 309 g/mol. The molecule has 0 unspecified atom stereocenters. The van der Waals surface area contributed by atoms with Crippen LogP contribution >= 0.6 is 0 Å². The van der Waals surface area contributed by atoms with Crippen LogP contribution in [0, 0.1) is 6.92 Å². The molecular weight excluding hydrogens is 290 g/mol. The zero-order valence-electron chi connectivity index (χ0n) is 13.0. The molecule has 0 aliphatic heterocycles. The number of rotatable bonds is 6. The molecule has 2 aromatic carbocycles. The summed E-state index contributed by atoms with van der Waals surface area (Å²) in [6, 6.07) is 16.9. The van der Waals surface area contributed by atoms with Crippen molar-refractivity contribution in [2.75, 3.05) is 5.32 Å². The number of para-hydroxylation sites is 1. The van der Waals surface area contributed by atoms with Crippen molar-refractivity contribution in [3.63, 3.8) is 0 Å². The number of benzene rings is 2. The molecule has 5 heteroatoms. The summed E-state index contributed by atoms with van der Waals surface area (Å²) < 4.78 is 0. The van der Waals surface area contributed by atoms with Crippen LogP contribution in [0.5, 0.6) is 0 Å². The maximum atomic E-state index is 11.7. The van der Waals surface area contributed by atoms with Crippen molar-refractivity contribution in [1.29, 1.82) is 0 Å². The van der Waals surface area contributed by atoms with E-state index in [9.17, 15) is 9.59 Å². The maximum Gasteiger partial charge on any atom is 0.240 e. The smallest absolute Gasteiger partial charge is 0.240 e. The number of nitrogens with zero attached hydrogens (tertiary/aromatic N) is 1. The molecule has 0 saturated heterocycles. The lowest BCUT2D eigenvalue weighted by molar-refractivity contribution is -0.124. The standard InChI is InChI=1S/C18H19N3O2/c1-14-7-9-15(10-8-14)13-19-21-18(23)12-11-17(22)20-16-5-3-2-4-6-16/h2-10,13H,11-12H2,1H3,(H,20,22)(H,21,23). The Hall–Kier alpha value is -2.95. The van der Waals surface area contributed by atoms with Gasteiger partial charge in [0.1, 0.15) is 0 Å². The second-order valence-corrected chi connectivity index (χ2v) is 5.12. The Labute approximate surface area is 135 Å². The molecule has 0 fully saturated rings. The minimum absolute atomic E-state index is 0.0872. The third-order valence-electron chi connectivity index (χ3n) is 3.12. The number of anilines is 1. The summed E-state index contributed by atoms with van der Waals surface area (Å²) in [6.45, 7) is 2.00. The minimum atomic E-state index is -0.295. The highest BCUT2D eigenvalue weighted by Crippen LogP contribution is 2.06. The first-order valence-corrected chi connectivity index (χ1v) is 7.37. The van der Waals surface area contributed by atoms with Crippen LogP contribution in [0.3, 0.4) is 0 Å². The van der Waals surface area contributed by atoms with E-state index in [2.05, 4.69) is 15.8 Å². The average molecular weight is 309 g/mol. The van der Waals surface area contributed by atoms with Crippen molar-refractivity contribution < 1.29 is 9.59 Å². The van der Waals surface area contributed by atoms with E-state index in [1.807, 2.05) is 49.4 Å². The van der Waals surface area contributed by atoms with E-state index in [4.69, 9.17) is 0 Å². The predicted molar refractivity (Wildman–Crippen MR) is 91.2 cm³/mol. The molecule has 0 radical (unpaired) electrons. The van der Waals surface area contributed by atoms with Crippen LogP contribution in [0.4, 0.5) is 5.69 Å². The van der Waals surface area contributed by atoms with E-state index in [0.717, 1.165) is 16.8 Å². The third-order valence-corrected chi connectivity index (χ3v) is 3.12. The number of hydrogen-bond acceptors (Lipinski definition) is 3. The molecule has 0 aromatic heterocycles. The lowest BCUT2D eigenvalue weighted by atomic mass is 10.2. The van der Waals surface area contributed by atoms with Crippen molar-refractivity contribution in [1.82, 2.24) is 5.43 Å². The normalized spacial score (nSPS) is 10.5. The van der Waals surface area contributed by atoms with E-state index >= 15 is 0 Å². The molecule has 2 rings (SSSR count). The zero-order valence-corrected chi connectivity index (χ0v) is 13.0. The highest BCUT2D eigenvalue weighted by Gasteiger charge is 2.06. The van der Waals surface area contributed by atoms with E-state index in [-0.39, 0.29) is 24.7 Å². The van der Waals surface area contributed by atoms with Gasteiger partial charge in [-0.15, -0.1) is 0 Å². The molecular formula is C18H19N3O2. The number of hydrazone groups is 1. The van der Waals surface area contributed by atoms with E-state index in [0.29, 0.717) is 0 Å². The Balaban J connectivity index is 1.70. The van der Waals surface area contributed by atoms with Gasteiger partial charge in [0, 0.05) is 18.5 Å². The summed E-state index contributed by atoms with van der Waals surface area (Å²) in [7, 11) is 0. The SMILES string of the molecule is Cc1ccc(C=NNC(=O)CCC(=O)Nc2ccccc2)cc1. The number of carbonyl (C=O) groups is 2. The number of carbonyl (C=O) groups excluding carboxylic acids is 2. The highest BCUT2D eigenvalue weighted by atomic mass is 16.2. The van der Waals surface area contributed by atoms with Gasteiger partial charge in [0.05, 0.1) is 6.21 Å². The molecule has 0 aliphatic carbocycles. The van der Waals surface area contributed by atoms with Crippen LogP contribution in [0.25, 0.3) is 0 Å². The van der Waals surface area contributed by atoms with Gasteiger partial charge in [-0.1, -0.05) is 48.0 Å². The topological polar surface area (TPSA) is 70.6 Å². The first kappa shape index (κ1) is 16.4. The number of hydrogen-bond donors (Lipinski definition) is 2. The Morgan fingerprint density at radius 2 is 1.61 bits per heavy atom. The van der Waals surface area contributed by atoms with Crippen molar-refractivity contribution in [3.8, 4) is 0 Å². The molecule has 0 bridgehead atoms. The summed E-state index contributed by atoms with van der Waals surface area (Å²) in [4.78, 5) is 23.4. The summed E-state index contributed by atoms with van der Waals surface area (Å²) in [6.07, 6.45) is 1.77. The van der Waals surface area contributed by atoms with Crippen molar-refractivity contribution >= 4 is 23.7 Å². The second kappa shape index (κ2) is 8.48. The van der Waals surface area contributed by atoms with Crippen molar-refractivity contribution in [2.45, 2.75) is 19.8 Å². The number of aryl methyl sites for hydroxylation is 1. The van der Waals surface area contributed by atoms with Gasteiger partial charge in [0.15, 0.2) is 0 Å². The predicted octanol–water partition coefficient (Wildman–Crippen LogP) is 2.86. The van der Waals surface area contributed by atoms with Gasteiger partial charge >= 0.3 is 0 Å². The molecule has 0 saturated carbocycles. The van der Waals surface area contributed by atoms with E-state index in [1.165, 1.54) is 0 Å². The van der Waals surface area contributed by atoms with Crippen LogP contribution in [0.2, 0.25) is 0 Å². The van der Waals surface area contributed by atoms with Crippen molar-refractivity contribution in [3.05, 3.63) is 65.7 Å². The van der Waals surface area contributed by atoms with E-state index < -0.39 is 0 Å². The Morgan fingerprint density at radius 3 is 2.30 bits per heavy atom. The Morgan fingerprint density at radius 1 is 0.957 bits per heavy atom. The van der Waals surface area contributed by atoms with Crippen LogP contribution < -0.4 is 10.7 Å². The molecule has 2 aromatic rings. The van der Waals surface area contributed by atoms with Crippen molar-refractivity contribution in [2.24, 2.45) is 5.10 Å². The number of nitrogens with one attached hydrogen (secondary N) is 2. The second-order valence-electron chi connectivity index (χ2n) is 5.12. The molecule has 0 atom stereocenters. The van der Waals surface area contributed by atoms with Crippen LogP contribution in [0.15, 0.2) is 59.7 Å². The molecule has 0 aliphatic rings. The molecule has 118 valence electrons. The van der Waals surface area contributed by atoms with Crippen LogP contribution in [-0.2, 0) is 9.59 Å². The summed E-state index contributed by atoms with van der Waals surface area (Å²) in [5.74, 6) is -0.495. The quantitative estimate of drug-likeness (QED) is 0.636. The average Bonchev–Trinajstić information content (AvgIpc) is 2.56.